The molecule has 60 heavy (non-hydrogen) atoms. The Balaban J connectivity index is 1.13. The van der Waals surface area contributed by atoms with Crippen molar-refractivity contribution in [2.45, 2.75) is 24.7 Å². The van der Waals surface area contributed by atoms with Crippen molar-refractivity contribution in [1.29, 1.82) is 0 Å². The highest BCUT2D eigenvalue weighted by molar-refractivity contribution is 5.98. The van der Waals surface area contributed by atoms with E-state index in [1.807, 2.05) is 12.1 Å². The van der Waals surface area contributed by atoms with Gasteiger partial charge in [-0.2, -0.15) is 0 Å². The molecular weight excluding hydrogens is 730 g/mol. The third-order valence-electron chi connectivity index (χ3n) is 13.6. The summed E-state index contributed by atoms with van der Waals surface area (Å²) in [6, 6.07) is 74.3. The van der Waals surface area contributed by atoms with E-state index < -0.39 is 5.41 Å². The van der Waals surface area contributed by atoms with E-state index in [4.69, 9.17) is 0 Å². The van der Waals surface area contributed by atoms with E-state index in [1.165, 1.54) is 77.9 Å². The summed E-state index contributed by atoms with van der Waals surface area (Å²) in [6.07, 6.45) is 0. The van der Waals surface area contributed by atoms with Crippen LogP contribution in [0.5, 0.6) is 0 Å². The zero-order valence-electron chi connectivity index (χ0n) is 33.5. The van der Waals surface area contributed by atoms with Crippen molar-refractivity contribution in [3.63, 3.8) is 0 Å². The van der Waals surface area contributed by atoms with Crippen LogP contribution in [0.15, 0.2) is 206 Å². The Morgan fingerprint density at radius 3 is 1.43 bits per heavy atom. The van der Waals surface area contributed by atoms with Gasteiger partial charge in [-0.05, 0) is 132 Å². The van der Waals surface area contributed by atoms with E-state index in [0.717, 1.165) is 28.2 Å². The highest BCUT2D eigenvalue weighted by Crippen LogP contribution is 2.64. The van der Waals surface area contributed by atoms with Gasteiger partial charge in [-0.15, -0.1) is 0 Å². The minimum absolute atomic E-state index is 0.157. The Morgan fingerprint density at radius 2 is 0.783 bits per heavy atom. The zero-order valence-corrected chi connectivity index (χ0v) is 33.5. The van der Waals surface area contributed by atoms with Crippen molar-refractivity contribution in [1.82, 2.24) is 0 Å². The Kier molecular flexibility index (Phi) is 7.44. The van der Waals surface area contributed by atoms with Crippen LogP contribution in [-0.2, 0) is 10.8 Å². The SMILES string of the molecule is CC1(C)c2ccccc2-c2ccc(N(c3ccc4c(c3)C3(c5ccccc5-c5ccc(-c6ccc(F)cc6)cc53)c3ccccc3-4)c3ccccc3-c3ccccc3)cc21. The first-order chi connectivity index (χ1) is 29.4. The van der Waals surface area contributed by atoms with E-state index in [9.17, 15) is 4.39 Å². The van der Waals surface area contributed by atoms with E-state index in [2.05, 4.69) is 201 Å². The van der Waals surface area contributed by atoms with Gasteiger partial charge < -0.3 is 4.90 Å². The summed E-state index contributed by atoms with van der Waals surface area (Å²) in [4.78, 5) is 2.48. The minimum Gasteiger partial charge on any atom is -0.310 e. The van der Waals surface area contributed by atoms with Gasteiger partial charge in [-0.1, -0.05) is 172 Å². The minimum atomic E-state index is -0.573. The molecule has 12 rings (SSSR count). The lowest BCUT2D eigenvalue weighted by molar-refractivity contribution is 0.628. The standard InChI is InChI=1S/C58H40FN/c1-57(2)50-20-10-6-17-44(50)47-32-29-41(35-53(47)57)60(56-23-13-9-16-43(56)38-14-4-3-5-15-38)42-30-33-49-46-19-8-12-22-52(46)58(55(49)36-42)51-21-11-7-18-45(51)48-31-26-39(34-54(48)58)37-24-27-40(59)28-25-37/h3-36H,1-2H3. The molecule has 0 radical (unpaired) electrons. The summed E-state index contributed by atoms with van der Waals surface area (Å²) in [5.74, 6) is -0.232. The largest absolute Gasteiger partial charge is 0.310 e. The van der Waals surface area contributed by atoms with Gasteiger partial charge in [0.2, 0.25) is 0 Å². The van der Waals surface area contributed by atoms with Crippen LogP contribution >= 0.6 is 0 Å². The number of hydrogen-bond donors (Lipinski definition) is 0. The lowest BCUT2D eigenvalue weighted by Crippen LogP contribution is -2.26. The van der Waals surface area contributed by atoms with Crippen LogP contribution in [0.1, 0.15) is 47.2 Å². The molecule has 0 amide bonds. The van der Waals surface area contributed by atoms with Crippen LogP contribution in [-0.4, -0.2) is 0 Å². The molecule has 0 aliphatic heterocycles. The van der Waals surface area contributed by atoms with Crippen LogP contribution in [0.2, 0.25) is 0 Å². The first-order valence-electron chi connectivity index (χ1n) is 20.9. The highest BCUT2D eigenvalue weighted by atomic mass is 19.1. The highest BCUT2D eigenvalue weighted by Gasteiger charge is 2.52. The van der Waals surface area contributed by atoms with Crippen LogP contribution in [0, 0.1) is 5.82 Å². The maximum absolute atomic E-state index is 14.2. The number of para-hydroxylation sites is 1. The van der Waals surface area contributed by atoms with Crippen molar-refractivity contribution < 1.29 is 4.39 Å². The molecule has 1 unspecified atom stereocenters. The number of benzene rings is 9. The third-order valence-corrected chi connectivity index (χ3v) is 13.6. The van der Waals surface area contributed by atoms with Crippen molar-refractivity contribution in [3.05, 3.63) is 245 Å². The summed E-state index contributed by atoms with van der Waals surface area (Å²) in [5, 5.41) is 0. The molecule has 284 valence electrons. The summed E-state index contributed by atoms with van der Waals surface area (Å²) < 4.78 is 14.2. The number of fused-ring (bicyclic) bond motifs is 13. The van der Waals surface area contributed by atoms with Gasteiger partial charge in [-0.25, -0.2) is 4.39 Å². The lowest BCUT2D eigenvalue weighted by Gasteiger charge is -2.33. The van der Waals surface area contributed by atoms with Gasteiger partial charge in [-0.3, -0.25) is 0 Å². The van der Waals surface area contributed by atoms with Gasteiger partial charge in [0.05, 0.1) is 11.1 Å². The van der Waals surface area contributed by atoms with Gasteiger partial charge >= 0.3 is 0 Å². The summed E-state index contributed by atoms with van der Waals surface area (Å²) in [5.41, 5.74) is 22.4. The molecule has 0 saturated carbocycles. The maximum atomic E-state index is 14.2. The Labute approximate surface area is 350 Å². The molecule has 1 nitrogen and oxygen atoms in total. The fourth-order valence-corrected chi connectivity index (χ4v) is 10.9. The Hall–Kier alpha value is -7.29. The second-order valence-electron chi connectivity index (χ2n) is 17.0. The van der Waals surface area contributed by atoms with Gasteiger partial charge in [0.25, 0.3) is 0 Å². The molecule has 9 aromatic rings. The molecule has 1 atom stereocenters. The molecule has 0 saturated heterocycles. The number of halogens is 1. The fraction of sp³-hybridized carbons (Fsp3) is 0.0690. The summed E-state index contributed by atoms with van der Waals surface area (Å²) >= 11 is 0. The summed E-state index contributed by atoms with van der Waals surface area (Å²) in [6.45, 7) is 4.71. The van der Waals surface area contributed by atoms with Crippen LogP contribution in [0.4, 0.5) is 21.5 Å². The van der Waals surface area contributed by atoms with Gasteiger partial charge in [0, 0.05) is 22.4 Å². The summed E-state index contributed by atoms with van der Waals surface area (Å²) in [7, 11) is 0. The molecule has 0 N–H and O–H groups in total. The molecule has 3 aliphatic rings. The molecule has 0 heterocycles. The van der Waals surface area contributed by atoms with Crippen molar-refractivity contribution in [3.8, 4) is 55.6 Å². The molecule has 3 aliphatic carbocycles. The lowest BCUT2D eigenvalue weighted by atomic mass is 9.70. The topological polar surface area (TPSA) is 3.24 Å². The first-order valence-corrected chi connectivity index (χ1v) is 20.9. The van der Waals surface area contributed by atoms with E-state index >= 15 is 0 Å². The van der Waals surface area contributed by atoms with E-state index in [0.29, 0.717) is 0 Å². The average Bonchev–Trinajstić information content (AvgIpc) is 3.85. The monoisotopic (exact) mass is 769 g/mol. The van der Waals surface area contributed by atoms with Crippen molar-refractivity contribution in [2.24, 2.45) is 0 Å². The predicted molar refractivity (Wildman–Crippen MR) is 246 cm³/mol. The number of hydrogen-bond acceptors (Lipinski definition) is 1. The molecule has 1 spiro atoms. The first kappa shape index (κ1) is 34.7. The zero-order chi connectivity index (χ0) is 40.2. The molecule has 0 fully saturated rings. The normalized spacial score (nSPS) is 15.8. The quantitative estimate of drug-likeness (QED) is 0.169. The Morgan fingerprint density at radius 1 is 0.333 bits per heavy atom. The van der Waals surface area contributed by atoms with E-state index in [-0.39, 0.29) is 11.2 Å². The second kappa shape index (κ2) is 12.9. The predicted octanol–water partition coefficient (Wildman–Crippen LogP) is 15.3. The second-order valence-corrected chi connectivity index (χ2v) is 17.0. The van der Waals surface area contributed by atoms with Crippen LogP contribution < -0.4 is 4.90 Å². The Bertz CT molecular complexity index is 3180. The van der Waals surface area contributed by atoms with Gasteiger partial charge in [0.15, 0.2) is 0 Å². The molecular formula is C58H40FN. The van der Waals surface area contributed by atoms with Crippen LogP contribution in [0.3, 0.4) is 0 Å². The fourth-order valence-electron chi connectivity index (χ4n) is 10.9. The third kappa shape index (κ3) is 4.79. The van der Waals surface area contributed by atoms with Crippen molar-refractivity contribution in [2.75, 3.05) is 4.90 Å². The van der Waals surface area contributed by atoms with Gasteiger partial charge in [0.1, 0.15) is 5.82 Å². The molecule has 0 bridgehead atoms. The molecule has 2 heteroatoms. The number of anilines is 3. The maximum Gasteiger partial charge on any atom is 0.123 e. The smallest absolute Gasteiger partial charge is 0.123 e. The van der Waals surface area contributed by atoms with Crippen molar-refractivity contribution >= 4 is 17.1 Å². The number of nitrogens with zero attached hydrogens (tertiary/aromatic N) is 1. The molecule has 0 aromatic heterocycles. The average molecular weight is 770 g/mol. The van der Waals surface area contributed by atoms with E-state index in [1.54, 1.807) is 12.1 Å². The van der Waals surface area contributed by atoms with Crippen LogP contribution in [0.25, 0.3) is 55.6 Å². The molecule has 9 aromatic carbocycles. The number of rotatable bonds is 5.